The van der Waals surface area contributed by atoms with Crippen LogP contribution in [0.4, 0.5) is 4.39 Å². The molecule has 0 bridgehead atoms. The molecule has 15 heavy (non-hydrogen) atoms. The summed E-state index contributed by atoms with van der Waals surface area (Å²) in [5.74, 6) is 0.761. The SMILES string of the molecule is CC1CCC(N)C(c2ccccc2F)C1. The Morgan fingerprint density at radius 1 is 1.27 bits per heavy atom. The third-order valence-corrected chi connectivity index (χ3v) is 3.47. The molecule has 0 radical (unpaired) electrons. The molecule has 3 unspecified atom stereocenters. The molecule has 3 atom stereocenters. The van der Waals surface area contributed by atoms with Gasteiger partial charge in [-0.05, 0) is 36.8 Å². The van der Waals surface area contributed by atoms with Crippen LogP contribution in [0.15, 0.2) is 24.3 Å². The van der Waals surface area contributed by atoms with E-state index >= 15 is 0 Å². The molecule has 0 aromatic heterocycles. The first-order valence-corrected chi connectivity index (χ1v) is 5.68. The fourth-order valence-corrected chi connectivity index (χ4v) is 2.54. The van der Waals surface area contributed by atoms with Gasteiger partial charge in [-0.15, -0.1) is 0 Å². The van der Waals surface area contributed by atoms with Gasteiger partial charge >= 0.3 is 0 Å². The highest BCUT2D eigenvalue weighted by Gasteiger charge is 2.28. The fourth-order valence-electron chi connectivity index (χ4n) is 2.54. The highest BCUT2D eigenvalue weighted by molar-refractivity contribution is 5.24. The van der Waals surface area contributed by atoms with Crippen LogP contribution in [0.3, 0.4) is 0 Å². The molecule has 0 aliphatic heterocycles. The van der Waals surface area contributed by atoms with Gasteiger partial charge in [0.05, 0.1) is 0 Å². The molecule has 0 spiro atoms. The van der Waals surface area contributed by atoms with Gasteiger partial charge in [0.2, 0.25) is 0 Å². The Morgan fingerprint density at radius 2 is 2.00 bits per heavy atom. The van der Waals surface area contributed by atoms with E-state index in [1.165, 1.54) is 12.5 Å². The lowest BCUT2D eigenvalue weighted by atomic mass is 9.75. The van der Waals surface area contributed by atoms with Crippen LogP contribution < -0.4 is 5.73 Å². The number of nitrogens with two attached hydrogens (primary N) is 1. The first-order valence-electron chi connectivity index (χ1n) is 5.68. The summed E-state index contributed by atoms with van der Waals surface area (Å²) in [4.78, 5) is 0. The van der Waals surface area contributed by atoms with Crippen LogP contribution in [0.25, 0.3) is 0 Å². The molecule has 82 valence electrons. The second-order valence-corrected chi connectivity index (χ2v) is 4.71. The van der Waals surface area contributed by atoms with E-state index in [2.05, 4.69) is 6.92 Å². The van der Waals surface area contributed by atoms with Crippen LogP contribution in [0.1, 0.15) is 37.7 Å². The zero-order valence-corrected chi connectivity index (χ0v) is 9.12. The van der Waals surface area contributed by atoms with Gasteiger partial charge in [0.1, 0.15) is 5.82 Å². The Labute approximate surface area is 90.5 Å². The molecule has 2 heteroatoms. The molecule has 0 heterocycles. The Hall–Kier alpha value is -0.890. The average Bonchev–Trinajstić information content (AvgIpc) is 2.23. The lowest BCUT2D eigenvalue weighted by molar-refractivity contribution is 0.301. The molecule has 1 aliphatic carbocycles. The molecule has 1 aromatic carbocycles. The summed E-state index contributed by atoms with van der Waals surface area (Å²) in [6.07, 6.45) is 3.20. The first kappa shape index (κ1) is 10.6. The van der Waals surface area contributed by atoms with Crippen molar-refractivity contribution < 1.29 is 4.39 Å². The maximum atomic E-state index is 13.6. The zero-order chi connectivity index (χ0) is 10.8. The van der Waals surface area contributed by atoms with Crippen LogP contribution in [-0.4, -0.2) is 6.04 Å². The first-order chi connectivity index (χ1) is 7.18. The van der Waals surface area contributed by atoms with E-state index in [4.69, 9.17) is 5.73 Å². The third kappa shape index (κ3) is 2.20. The van der Waals surface area contributed by atoms with E-state index in [1.54, 1.807) is 6.07 Å². The summed E-state index contributed by atoms with van der Waals surface area (Å²) in [6, 6.07) is 7.15. The minimum absolute atomic E-state index is 0.105. The molecule has 2 N–H and O–H groups in total. The smallest absolute Gasteiger partial charge is 0.126 e. The van der Waals surface area contributed by atoms with E-state index in [9.17, 15) is 4.39 Å². The molecule has 0 saturated heterocycles. The molecule has 0 amide bonds. The van der Waals surface area contributed by atoms with E-state index in [0.717, 1.165) is 18.4 Å². The number of hydrogen-bond acceptors (Lipinski definition) is 1. The molecule has 1 saturated carbocycles. The van der Waals surface area contributed by atoms with Gasteiger partial charge in [-0.1, -0.05) is 25.1 Å². The summed E-state index contributed by atoms with van der Waals surface area (Å²) in [7, 11) is 0. The molecule has 1 aliphatic rings. The van der Waals surface area contributed by atoms with Crippen molar-refractivity contribution in [3.05, 3.63) is 35.6 Å². The van der Waals surface area contributed by atoms with Gasteiger partial charge in [0.15, 0.2) is 0 Å². The largest absolute Gasteiger partial charge is 0.327 e. The minimum atomic E-state index is -0.105. The summed E-state index contributed by atoms with van der Waals surface area (Å²) in [5.41, 5.74) is 6.88. The molecule has 1 aromatic rings. The van der Waals surface area contributed by atoms with Crippen molar-refractivity contribution >= 4 is 0 Å². The number of benzene rings is 1. The van der Waals surface area contributed by atoms with Crippen molar-refractivity contribution in [2.24, 2.45) is 11.7 Å². The maximum absolute atomic E-state index is 13.6. The Morgan fingerprint density at radius 3 is 2.73 bits per heavy atom. The lowest BCUT2D eigenvalue weighted by Crippen LogP contribution is -2.34. The second-order valence-electron chi connectivity index (χ2n) is 4.71. The molecule has 1 fully saturated rings. The third-order valence-electron chi connectivity index (χ3n) is 3.47. The monoisotopic (exact) mass is 207 g/mol. The van der Waals surface area contributed by atoms with Crippen LogP contribution in [0.2, 0.25) is 0 Å². The van der Waals surface area contributed by atoms with Gasteiger partial charge in [0.25, 0.3) is 0 Å². The predicted molar refractivity (Wildman–Crippen MR) is 60.1 cm³/mol. The highest BCUT2D eigenvalue weighted by Crippen LogP contribution is 2.36. The fraction of sp³-hybridized carbons (Fsp3) is 0.538. The normalized spacial score (nSPS) is 31.5. The van der Waals surface area contributed by atoms with Gasteiger partial charge in [-0.2, -0.15) is 0 Å². The molecule has 2 rings (SSSR count). The van der Waals surface area contributed by atoms with Crippen molar-refractivity contribution in [2.75, 3.05) is 0 Å². The topological polar surface area (TPSA) is 26.0 Å². The number of hydrogen-bond donors (Lipinski definition) is 1. The van der Waals surface area contributed by atoms with Crippen LogP contribution in [0, 0.1) is 11.7 Å². The van der Waals surface area contributed by atoms with Gasteiger partial charge < -0.3 is 5.73 Å². The van der Waals surface area contributed by atoms with Crippen molar-refractivity contribution in [1.29, 1.82) is 0 Å². The number of halogens is 1. The summed E-state index contributed by atoms with van der Waals surface area (Å²) in [6.45, 7) is 2.22. The van der Waals surface area contributed by atoms with Crippen molar-refractivity contribution in [2.45, 2.75) is 38.1 Å². The zero-order valence-electron chi connectivity index (χ0n) is 9.12. The minimum Gasteiger partial charge on any atom is -0.327 e. The van der Waals surface area contributed by atoms with Crippen molar-refractivity contribution in [1.82, 2.24) is 0 Å². The van der Waals surface area contributed by atoms with Crippen LogP contribution in [0.5, 0.6) is 0 Å². The van der Waals surface area contributed by atoms with Crippen molar-refractivity contribution in [3.63, 3.8) is 0 Å². The second kappa shape index (κ2) is 4.31. The van der Waals surface area contributed by atoms with E-state index in [-0.39, 0.29) is 17.8 Å². The quantitative estimate of drug-likeness (QED) is 0.752. The standard InChI is InChI=1S/C13H18FN/c1-9-6-7-13(15)11(8-9)10-4-2-3-5-12(10)14/h2-5,9,11,13H,6-8,15H2,1H3. The molecule has 1 nitrogen and oxygen atoms in total. The van der Waals surface area contributed by atoms with Gasteiger partial charge in [0, 0.05) is 12.0 Å². The van der Waals surface area contributed by atoms with E-state index in [0.29, 0.717) is 5.92 Å². The average molecular weight is 207 g/mol. The lowest BCUT2D eigenvalue weighted by Gasteiger charge is -2.33. The van der Waals surface area contributed by atoms with E-state index < -0.39 is 0 Å². The Bertz CT molecular complexity index is 337. The summed E-state index contributed by atoms with van der Waals surface area (Å²) >= 11 is 0. The van der Waals surface area contributed by atoms with Crippen LogP contribution in [-0.2, 0) is 0 Å². The number of rotatable bonds is 1. The molecular weight excluding hydrogens is 189 g/mol. The molecular formula is C13H18FN. The van der Waals surface area contributed by atoms with Crippen molar-refractivity contribution in [3.8, 4) is 0 Å². The van der Waals surface area contributed by atoms with Gasteiger partial charge in [-0.25, -0.2) is 4.39 Å². The Kier molecular flexibility index (Phi) is 3.06. The van der Waals surface area contributed by atoms with Gasteiger partial charge in [-0.3, -0.25) is 0 Å². The highest BCUT2D eigenvalue weighted by atomic mass is 19.1. The Balaban J connectivity index is 2.25. The summed E-state index contributed by atoms with van der Waals surface area (Å²) < 4.78 is 13.6. The summed E-state index contributed by atoms with van der Waals surface area (Å²) in [5, 5.41) is 0. The van der Waals surface area contributed by atoms with Crippen LogP contribution >= 0.6 is 0 Å². The van der Waals surface area contributed by atoms with E-state index in [1.807, 2.05) is 12.1 Å². The predicted octanol–water partition coefficient (Wildman–Crippen LogP) is 3.06. The maximum Gasteiger partial charge on any atom is 0.126 e.